The van der Waals surface area contributed by atoms with Gasteiger partial charge in [-0.25, -0.2) is 23.5 Å². The van der Waals surface area contributed by atoms with Gasteiger partial charge in [-0.1, -0.05) is 0 Å². The number of hydrogen-bond donors (Lipinski definition) is 1. The second kappa shape index (κ2) is 7.70. The molecular weight excluding hydrogens is 427 g/mol. The zero-order chi connectivity index (χ0) is 20.6. The van der Waals surface area contributed by atoms with E-state index in [0.29, 0.717) is 36.2 Å². The first kappa shape index (κ1) is 20.6. The van der Waals surface area contributed by atoms with Gasteiger partial charge in [0.05, 0.1) is 5.69 Å². The topological polar surface area (TPSA) is 84.3 Å². The van der Waals surface area contributed by atoms with Crippen LogP contribution in [0, 0.1) is 6.92 Å². The van der Waals surface area contributed by atoms with E-state index in [1.807, 2.05) is 0 Å². The monoisotopic (exact) mass is 439 g/mol. The van der Waals surface area contributed by atoms with Gasteiger partial charge in [0.25, 0.3) is 6.43 Å². The van der Waals surface area contributed by atoms with Crippen LogP contribution in [0.4, 0.5) is 32.4 Å². The lowest BCUT2D eigenvalue weighted by molar-refractivity contribution is -0.141. The van der Waals surface area contributed by atoms with Crippen LogP contribution in [0.15, 0.2) is 14.8 Å². The third-order valence-corrected chi connectivity index (χ3v) is 6.25. The fraction of sp³-hybridized carbons (Fsp3) is 0.400. The van der Waals surface area contributed by atoms with Crippen molar-refractivity contribution in [2.24, 2.45) is 4.36 Å². The highest BCUT2D eigenvalue weighted by molar-refractivity contribution is 7.78. The average Bonchev–Trinajstić information content (AvgIpc) is 3.24. The summed E-state index contributed by atoms with van der Waals surface area (Å²) >= 11 is 0.433. The lowest BCUT2D eigenvalue weighted by atomic mass is 10.1. The number of fused-ring (bicyclic) bond motifs is 1. The Morgan fingerprint density at radius 3 is 2.68 bits per heavy atom. The lowest BCUT2D eigenvalue weighted by Gasteiger charge is -2.17. The Balaban J connectivity index is 1.92. The number of halogens is 5. The van der Waals surface area contributed by atoms with Gasteiger partial charge in [-0.3, -0.25) is 0 Å². The Kier molecular flexibility index (Phi) is 5.66. The van der Waals surface area contributed by atoms with Gasteiger partial charge in [-0.15, -0.1) is 21.9 Å². The van der Waals surface area contributed by atoms with Crippen LogP contribution in [0.5, 0.6) is 0 Å². The molecule has 0 saturated heterocycles. The van der Waals surface area contributed by atoms with E-state index in [0.717, 1.165) is 6.20 Å². The molecule has 3 rings (SSSR count). The van der Waals surface area contributed by atoms with Crippen molar-refractivity contribution in [3.63, 3.8) is 0 Å². The standard InChI is InChI=1S/C15H12F5N4O2S2/c1-6-10(7-3-2-4-8(7)22-11(6)15(18,19)20)23-14(25)24-28(26)9-5-21-13(27-9)12(16)17/h5,12H,2-4H2,1H3,(H,22,23,25)/q-1. The molecule has 2 amide bonds. The second-order valence-electron chi connectivity index (χ2n) is 5.83. The highest BCUT2D eigenvalue weighted by Gasteiger charge is 2.37. The van der Waals surface area contributed by atoms with Gasteiger partial charge in [0.15, 0.2) is 5.01 Å². The van der Waals surface area contributed by atoms with E-state index >= 15 is 0 Å². The molecule has 0 aliphatic heterocycles. The van der Waals surface area contributed by atoms with E-state index < -0.39 is 39.9 Å². The van der Waals surface area contributed by atoms with Crippen LogP contribution in [-0.2, 0) is 33.8 Å². The van der Waals surface area contributed by atoms with E-state index in [2.05, 4.69) is 19.6 Å². The van der Waals surface area contributed by atoms with Crippen LogP contribution in [-0.4, -0.2) is 16.0 Å². The number of thiazole rings is 1. The van der Waals surface area contributed by atoms with Crippen LogP contribution in [0.25, 0.3) is 0 Å². The molecule has 0 unspecified atom stereocenters. The summed E-state index contributed by atoms with van der Waals surface area (Å²) < 4.78 is 79.9. The zero-order valence-electron chi connectivity index (χ0n) is 14.1. The molecule has 13 heteroatoms. The quantitative estimate of drug-likeness (QED) is 0.537. The molecule has 2 aromatic rings. The molecule has 0 radical (unpaired) electrons. The predicted molar refractivity (Wildman–Crippen MR) is 90.8 cm³/mol. The number of rotatable bonds is 3. The number of hydrogen-bond acceptors (Lipinski definition) is 6. The fourth-order valence-corrected chi connectivity index (χ4v) is 4.42. The van der Waals surface area contributed by atoms with Gasteiger partial charge in [-0.2, -0.15) is 13.2 Å². The highest BCUT2D eigenvalue weighted by Crippen LogP contribution is 2.38. The molecule has 2 aromatic heterocycles. The number of aryl methyl sites for hydroxylation is 1. The smallest absolute Gasteiger partial charge is 0.433 e. The van der Waals surface area contributed by atoms with Crippen molar-refractivity contribution in [2.75, 3.05) is 5.32 Å². The van der Waals surface area contributed by atoms with Gasteiger partial charge in [0.1, 0.15) is 5.69 Å². The maximum Gasteiger partial charge on any atom is 0.433 e. The van der Waals surface area contributed by atoms with E-state index in [-0.39, 0.29) is 21.2 Å². The summed E-state index contributed by atoms with van der Waals surface area (Å²) in [5.74, 6) is 0. The average molecular weight is 439 g/mol. The first-order valence-corrected chi connectivity index (χ1v) is 9.78. The Morgan fingerprint density at radius 2 is 2.07 bits per heavy atom. The molecule has 0 fully saturated rings. The second-order valence-corrected chi connectivity index (χ2v) is 8.27. The number of pyridine rings is 1. The summed E-state index contributed by atoms with van der Waals surface area (Å²) in [6.45, 7) is 1.18. The van der Waals surface area contributed by atoms with Gasteiger partial charge in [0, 0.05) is 17.5 Å². The van der Waals surface area contributed by atoms with Crippen LogP contribution in [0.2, 0.25) is 0 Å². The van der Waals surface area contributed by atoms with Gasteiger partial charge >= 0.3 is 12.2 Å². The molecule has 152 valence electrons. The fourth-order valence-electron chi connectivity index (χ4n) is 2.83. The molecule has 1 aliphatic rings. The number of nitrogens with one attached hydrogen (secondary N) is 1. The minimum atomic E-state index is -4.70. The Bertz CT molecular complexity index is 1010. The Hall–Kier alpha value is -2.15. The van der Waals surface area contributed by atoms with Crippen molar-refractivity contribution in [1.82, 2.24) is 9.97 Å². The molecule has 0 atom stereocenters. The Morgan fingerprint density at radius 1 is 1.36 bits per heavy atom. The first-order valence-electron chi connectivity index (χ1n) is 7.86. The SMILES string of the molecule is Cc1c(C(F)(F)F)nc2c(c1NC(=O)N=[S-](=O)c1cnc(C(F)F)s1)CCC2. The maximum absolute atomic E-state index is 13.2. The molecule has 0 aromatic carbocycles. The molecular formula is C15H12F5N4O2S2-. The minimum absolute atomic E-state index is 0.0573. The summed E-state index contributed by atoms with van der Waals surface area (Å²) in [4.78, 5) is 19.2. The van der Waals surface area contributed by atoms with Gasteiger partial charge in [0.2, 0.25) is 0 Å². The van der Waals surface area contributed by atoms with E-state index in [9.17, 15) is 31.0 Å². The lowest BCUT2D eigenvalue weighted by Crippen LogP contribution is -2.17. The number of anilines is 1. The number of alkyl halides is 5. The first-order chi connectivity index (χ1) is 13.1. The largest absolute Gasteiger partial charge is 0.439 e. The van der Waals surface area contributed by atoms with E-state index in [1.54, 1.807) is 0 Å². The summed E-state index contributed by atoms with van der Waals surface area (Å²) in [5.41, 5.74) is -0.692. The zero-order valence-corrected chi connectivity index (χ0v) is 15.8. The van der Waals surface area contributed by atoms with Crippen molar-refractivity contribution in [1.29, 1.82) is 0 Å². The number of aromatic nitrogens is 2. The van der Waals surface area contributed by atoms with Crippen molar-refractivity contribution in [2.45, 2.75) is 43.0 Å². The minimum Gasteiger partial charge on any atom is -0.439 e. The normalized spacial score (nSPS) is 15.1. The number of amides is 2. The van der Waals surface area contributed by atoms with Gasteiger partial charge < -0.3 is 13.9 Å². The van der Waals surface area contributed by atoms with Crippen LogP contribution in [0.3, 0.4) is 0 Å². The van der Waals surface area contributed by atoms with Crippen molar-refractivity contribution in [3.8, 4) is 0 Å². The summed E-state index contributed by atoms with van der Waals surface area (Å²) in [7, 11) is -2.31. The highest BCUT2D eigenvalue weighted by atomic mass is 32.2. The third kappa shape index (κ3) is 4.14. The van der Waals surface area contributed by atoms with Crippen molar-refractivity contribution in [3.05, 3.63) is 33.7 Å². The van der Waals surface area contributed by atoms with Crippen molar-refractivity contribution >= 4 is 33.7 Å². The van der Waals surface area contributed by atoms with Crippen LogP contribution >= 0.6 is 11.3 Å². The molecule has 2 heterocycles. The van der Waals surface area contributed by atoms with Gasteiger partial charge in [-0.05, 0) is 36.0 Å². The number of carbonyl (C=O) groups excluding carboxylic acids is 1. The number of carbonyl (C=O) groups is 1. The molecule has 0 spiro atoms. The molecule has 1 N–H and O–H groups in total. The predicted octanol–water partition coefficient (Wildman–Crippen LogP) is 5.03. The van der Waals surface area contributed by atoms with Crippen LogP contribution < -0.4 is 5.32 Å². The van der Waals surface area contributed by atoms with Crippen molar-refractivity contribution < 1.29 is 31.0 Å². The van der Waals surface area contributed by atoms with Crippen LogP contribution in [0.1, 0.15) is 40.4 Å². The molecule has 6 nitrogen and oxygen atoms in total. The third-order valence-electron chi connectivity index (χ3n) is 3.99. The Labute approximate surface area is 161 Å². The number of nitrogens with zero attached hydrogens (tertiary/aromatic N) is 3. The maximum atomic E-state index is 13.2. The summed E-state index contributed by atoms with van der Waals surface area (Å²) in [5, 5.41) is 1.68. The molecule has 1 aliphatic carbocycles. The molecule has 0 bridgehead atoms. The summed E-state index contributed by atoms with van der Waals surface area (Å²) in [6.07, 6.45) is -5.26. The molecule has 0 saturated carbocycles. The molecule has 28 heavy (non-hydrogen) atoms. The number of urea groups is 1. The summed E-state index contributed by atoms with van der Waals surface area (Å²) in [6, 6.07) is -1.15. The van der Waals surface area contributed by atoms with E-state index in [4.69, 9.17) is 0 Å². The van der Waals surface area contributed by atoms with E-state index in [1.165, 1.54) is 6.92 Å².